The lowest BCUT2D eigenvalue weighted by Crippen LogP contribution is -2.19. The Morgan fingerprint density at radius 3 is 2.68 bits per heavy atom. The number of phenols is 1. The third-order valence-electron chi connectivity index (χ3n) is 4.34. The molecule has 1 aromatic heterocycles. The monoisotopic (exact) mass is 380 g/mol. The first-order valence-corrected chi connectivity index (χ1v) is 9.00. The Hall–Kier alpha value is -3.19. The summed E-state index contributed by atoms with van der Waals surface area (Å²) in [6, 6.07) is 10.8. The van der Waals surface area contributed by atoms with Crippen molar-refractivity contribution in [3.63, 3.8) is 0 Å². The SMILES string of the molecule is Cc1cc(OCCN(C)C)nc(-c2ccc3c(CC(N)=O)c(O)ccc3c2)n1. The highest BCUT2D eigenvalue weighted by Crippen LogP contribution is 2.30. The van der Waals surface area contributed by atoms with E-state index in [1.807, 2.05) is 50.2 Å². The van der Waals surface area contributed by atoms with E-state index in [0.29, 0.717) is 23.9 Å². The summed E-state index contributed by atoms with van der Waals surface area (Å²) in [6.07, 6.45) is -0.0205. The Labute approximate surface area is 163 Å². The van der Waals surface area contributed by atoms with Gasteiger partial charge in [-0.3, -0.25) is 4.79 Å². The molecule has 1 heterocycles. The predicted molar refractivity (Wildman–Crippen MR) is 108 cm³/mol. The van der Waals surface area contributed by atoms with Gasteiger partial charge in [0.2, 0.25) is 11.8 Å². The highest BCUT2D eigenvalue weighted by atomic mass is 16.5. The van der Waals surface area contributed by atoms with Crippen molar-refractivity contribution >= 4 is 16.7 Å². The number of phenolic OH excluding ortho intramolecular Hbond substituents is 1. The summed E-state index contributed by atoms with van der Waals surface area (Å²) in [4.78, 5) is 22.4. The van der Waals surface area contributed by atoms with Crippen LogP contribution in [0, 0.1) is 6.92 Å². The molecule has 3 aromatic rings. The van der Waals surface area contributed by atoms with Crippen molar-refractivity contribution < 1.29 is 14.6 Å². The molecule has 0 atom stereocenters. The molecule has 7 nitrogen and oxygen atoms in total. The third kappa shape index (κ3) is 4.55. The zero-order valence-corrected chi connectivity index (χ0v) is 16.3. The summed E-state index contributed by atoms with van der Waals surface area (Å²) < 4.78 is 5.75. The maximum Gasteiger partial charge on any atom is 0.222 e. The van der Waals surface area contributed by atoms with Crippen molar-refractivity contribution in [2.45, 2.75) is 13.3 Å². The van der Waals surface area contributed by atoms with Crippen LogP contribution in [0.15, 0.2) is 36.4 Å². The van der Waals surface area contributed by atoms with Crippen molar-refractivity contribution in [2.24, 2.45) is 5.73 Å². The lowest BCUT2D eigenvalue weighted by atomic mass is 9.98. The van der Waals surface area contributed by atoms with Gasteiger partial charge in [-0.25, -0.2) is 4.98 Å². The van der Waals surface area contributed by atoms with Gasteiger partial charge in [0, 0.05) is 29.4 Å². The Morgan fingerprint density at radius 2 is 1.96 bits per heavy atom. The first-order valence-electron chi connectivity index (χ1n) is 9.00. The number of hydrogen-bond donors (Lipinski definition) is 2. The molecule has 0 spiro atoms. The summed E-state index contributed by atoms with van der Waals surface area (Å²) in [7, 11) is 3.97. The molecular formula is C21H24N4O3. The van der Waals surface area contributed by atoms with E-state index in [4.69, 9.17) is 10.5 Å². The molecule has 3 rings (SSSR count). The van der Waals surface area contributed by atoms with Gasteiger partial charge in [0.05, 0.1) is 6.42 Å². The van der Waals surface area contributed by atoms with Crippen LogP contribution in [0.4, 0.5) is 0 Å². The van der Waals surface area contributed by atoms with E-state index in [1.54, 1.807) is 12.1 Å². The van der Waals surface area contributed by atoms with Crippen LogP contribution in [-0.4, -0.2) is 53.1 Å². The van der Waals surface area contributed by atoms with Crippen LogP contribution in [0.5, 0.6) is 11.6 Å². The van der Waals surface area contributed by atoms with Crippen LogP contribution in [-0.2, 0) is 11.2 Å². The largest absolute Gasteiger partial charge is 0.508 e. The van der Waals surface area contributed by atoms with Crippen LogP contribution in [0.25, 0.3) is 22.2 Å². The van der Waals surface area contributed by atoms with Crippen LogP contribution in [0.1, 0.15) is 11.3 Å². The minimum atomic E-state index is -0.492. The molecule has 0 radical (unpaired) electrons. The Balaban J connectivity index is 1.96. The van der Waals surface area contributed by atoms with Crippen LogP contribution in [0.3, 0.4) is 0 Å². The number of ether oxygens (including phenoxy) is 1. The smallest absolute Gasteiger partial charge is 0.222 e. The maximum absolute atomic E-state index is 11.3. The number of amides is 1. The van der Waals surface area contributed by atoms with Gasteiger partial charge in [-0.05, 0) is 43.9 Å². The van der Waals surface area contributed by atoms with Gasteiger partial charge >= 0.3 is 0 Å². The van der Waals surface area contributed by atoms with Gasteiger partial charge in [0.15, 0.2) is 5.82 Å². The second-order valence-electron chi connectivity index (χ2n) is 6.97. The fraction of sp³-hybridized carbons (Fsp3) is 0.286. The number of nitrogens with two attached hydrogens (primary N) is 1. The number of fused-ring (bicyclic) bond motifs is 1. The molecule has 28 heavy (non-hydrogen) atoms. The molecule has 0 bridgehead atoms. The van der Waals surface area contributed by atoms with Crippen molar-refractivity contribution in [2.75, 3.05) is 27.2 Å². The summed E-state index contributed by atoms with van der Waals surface area (Å²) in [5, 5.41) is 11.7. The molecule has 7 heteroatoms. The van der Waals surface area contributed by atoms with Crippen LogP contribution in [0.2, 0.25) is 0 Å². The van der Waals surface area contributed by atoms with Gasteiger partial charge in [-0.2, -0.15) is 4.98 Å². The molecular weight excluding hydrogens is 356 g/mol. The molecule has 2 aromatic carbocycles. The highest BCUT2D eigenvalue weighted by Gasteiger charge is 2.12. The lowest BCUT2D eigenvalue weighted by Gasteiger charge is -2.12. The second-order valence-corrected chi connectivity index (χ2v) is 6.97. The zero-order valence-electron chi connectivity index (χ0n) is 16.3. The number of carbonyl (C=O) groups excluding carboxylic acids is 1. The number of rotatable bonds is 7. The quantitative estimate of drug-likeness (QED) is 0.652. The molecule has 1 amide bonds. The summed E-state index contributed by atoms with van der Waals surface area (Å²) in [5.41, 5.74) is 7.47. The van der Waals surface area contributed by atoms with E-state index in [9.17, 15) is 9.90 Å². The Kier molecular flexibility index (Phi) is 5.75. The molecule has 0 saturated heterocycles. The van der Waals surface area contributed by atoms with Gasteiger partial charge in [-0.1, -0.05) is 18.2 Å². The van der Waals surface area contributed by atoms with E-state index < -0.39 is 5.91 Å². The van der Waals surface area contributed by atoms with E-state index in [1.165, 1.54) is 0 Å². The summed E-state index contributed by atoms with van der Waals surface area (Å²) in [5.74, 6) is 0.659. The van der Waals surface area contributed by atoms with E-state index >= 15 is 0 Å². The number of nitrogens with zero attached hydrogens (tertiary/aromatic N) is 3. The fourth-order valence-electron chi connectivity index (χ4n) is 2.96. The number of aryl methyl sites for hydroxylation is 1. The molecule has 0 aliphatic rings. The van der Waals surface area contributed by atoms with Gasteiger partial charge in [0.25, 0.3) is 0 Å². The number of primary amides is 1. The van der Waals surface area contributed by atoms with Crippen LogP contribution < -0.4 is 10.5 Å². The number of hydrogen-bond acceptors (Lipinski definition) is 6. The summed E-state index contributed by atoms with van der Waals surface area (Å²) >= 11 is 0. The topological polar surface area (TPSA) is 102 Å². The minimum absolute atomic E-state index is 0.0205. The molecule has 0 fully saturated rings. The number of aromatic nitrogens is 2. The molecule has 0 aliphatic heterocycles. The van der Waals surface area contributed by atoms with Crippen molar-refractivity contribution in [1.82, 2.24) is 14.9 Å². The van der Waals surface area contributed by atoms with E-state index in [0.717, 1.165) is 28.6 Å². The Morgan fingerprint density at radius 1 is 1.18 bits per heavy atom. The van der Waals surface area contributed by atoms with E-state index in [2.05, 4.69) is 9.97 Å². The lowest BCUT2D eigenvalue weighted by molar-refractivity contribution is -0.117. The molecule has 0 aliphatic carbocycles. The van der Waals surface area contributed by atoms with Crippen molar-refractivity contribution in [3.8, 4) is 23.0 Å². The maximum atomic E-state index is 11.3. The predicted octanol–water partition coefficient (Wildman–Crippen LogP) is 2.28. The summed E-state index contributed by atoms with van der Waals surface area (Å²) in [6.45, 7) is 3.23. The zero-order chi connectivity index (χ0) is 20.3. The first-order chi connectivity index (χ1) is 13.3. The first kappa shape index (κ1) is 19.6. The Bertz CT molecular complexity index is 1020. The third-order valence-corrected chi connectivity index (χ3v) is 4.34. The second kappa shape index (κ2) is 8.22. The van der Waals surface area contributed by atoms with E-state index in [-0.39, 0.29) is 12.2 Å². The number of carbonyl (C=O) groups is 1. The minimum Gasteiger partial charge on any atom is -0.508 e. The molecule has 0 unspecified atom stereocenters. The highest BCUT2D eigenvalue weighted by molar-refractivity contribution is 5.93. The number of likely N-dealkylation sites (N-methyl/N-ethyl adjacent to an activating group) is 1. The normalized spacial score (nSPS) is 11.1. The van der Waals surface area contributed by atoms with Crippen molar-refractivity contribution in [3.05, 3.63) is 47.7 Å². The van der Waals surface area contributed by atoms with Gasteiger partial charge in [-0.15, -0.1) is 0 Å². The standard InChI is InChI=1S/C21H24N4O3/c1-13-10-20(28-9-8-25(2)3)24-21(23-13)15-4-6-16-14(11-15)5-7-18(26)17(16)12-19(22)27/h4-7,10-11,26H,8-9,12H2,1-3H3,(H2,22,27). The average Bonchev–Trinajstić information content (AvgIpc) is 2.62. The molecule has 146 valence electrons. The average molecular weight is 380 g/mol. The van der Waals surface area contributed by atoms with Gasteiger partial charge in [0.1, 0.15) is 12.4 Å². The molecule has 3 N–H and O–H groups in total. The number of aromatic hydroxyl groups is 1. The number of benzene rings is 2. The fourth-order valence-corrected chi connectivity index (χ4v) is 2.96. The van der Waals surface area contributed by atoms with Crippen LogP contribution >= 0.6 is 0 Å². The van der Waals surface area contributed by atoms with Gasteiger partial charge < -0.3 is 20.5 Å². The van der Waals surface area contributed by atoms with Crippen molar-refractivity contribution in [1.29, 1.82) is 0 Å². The molecule has 0 saturated carbocycles.